The van der Waals surface area contributed by atoms with E-state index in [0.717, 1.165) is 27.2 Å². The van der Waals surface area contributed by atoms with Crippen molar-refractivity contribution in [3.63, 3.8) is 0 Å². The lowest BCUT2D eigenvalue weighted by molar-refractivity contribution is 0.102. The fourth-order valence-corrected chi connectivity index (χ4v) is 4.91. The molecule has 0 fully saturated rings. The van der Waals surface area contributed by atoms with Gasteiger partial charge in [0, 0.05) is 18.0 Å². The quantitative estimate of drug-likeness (QED) is 0.375. The van der Waals surface area contributed by atoms with Gasteiger partial charge in [0.1, 0.15) is 5.01 Å². The van der Waals surface area contributed by atoms with Crippen LogP contribution in [0.25, 0.3) is 22.3 Å². The predicted octanol–water partition coefficient (Wildman–Crippen LogP) is 5.37. The predicted molar refractivity (Wildman–Crippen MR) is 135 cm³/mol. The number of hydrogen-bond acceptors (Lipinski definition) is 6. The summed E-state index contributed by atoms with van der Waals surface area (Å²) in [5.41, 5.74) is 4.37. The maximum absolute atomic E-state index is 13.5. The zero-order chi connectivity index (χ0) is 23.9. The van der Waals surface area contributed by atoms with Gasteiger partial charge in [-0.2, -0.15) is 5.10 Å². The van der Waals surface area contributed by atoms with Crippen LogP contribution in [0.1, 0.15) is 40.5 Å². The summed E-state index contributed by atoms with van der Waals surface area (Å²) in [7, 11) is 1.83. The molecule has 0 saturated heterocycles. The van der Waals surface area contributed by atoms with Gasteiger partial charge in [0.2, 0.25) is 5.13 Å². The van der Waals surface area contributed by atoms with Crippen LogP contribution in [0.2, 0.25) is 0 Å². The van der Waals surface area contributed by atoms with E-state index < -0.39 is 0 Å². The van der Waals surface area contributed by atoms with Gasteiger partial charge in [-0.3, -0.25) is 14.8 Å². The summed E-state index contributed by atoms with van der Waals surface area (Å²) in [6.45, 7) is 6.09. The third-order valence-corrected chi connectivity index (χ3v) is 7.12. The average Bonchev–Trinajstić information content (AvgIpc) is 3.44. The Morgan fingerprint density at radius 1 is 1.00 bits per heavy atom. The van der Waals surface area contributed by atoms with Crippen molar-refractivity contribution in [2.75, 3.05) is 5.32 Å². The summed E-state index contributed by atoms with van der Waals surface area (Å²) < 4.78 is 1.71. The van der Waals surface area contributed by atoms with E-state index in [1.165, 1.54) is 11.3 Å². The van der Waals surface area contributed by atoms with Gasteiger partial charge in [-0.25, -0.2) is 4.98 Å². The highest BCUT2D eigenvalue weighted by molar-refractivity contribution is 7.15. The number of anilines is 1. The zero-order valence-corrected chi connectivity index (χ0v) is 20.2. The fraction of sp³-hybridized carbons (Fsp3) is 0.192. The van der Waals surface area contributed by atoms with E-state index in [0.29, 0.717) is 22.0 Å². The molecule has 2 aromatic carbocycles. The zero-order valence-electron chi connectivity index (χ0n) is 19.4. The lowest BCUT2D eigenvalue weighted by Gasteiger charge is -2.21. The first-order valence-corrected chi connectivity index (χ1v) is 11.8. The van der Waals surface area contributed by atoms with Crippen molar-refractivity contribution in [1.29, 1.82) is 0 Å². The van der Waals surface area contributed by atoms with Gasteiger partial charge in [0.15, 0.2) is 5.65 Å². The van der Waals surface area contributed by atoms with Crippen LogP contribution in [0.4, 0.5) is 5.13 Å². The number of benzene rings is 2. The third kappa shape index (κ3) is 3.86. The Kier molecular flexibility index (Phi) is 5.45. The Morgan fingerprint density at radius 3 is 2.38 bits per heavy atom. The van der Waals surface area contributed by atoms with Gasteiger partial charge >= 0.3 is 0 Å². The maximum atomic E-state index is 13.5. The number of rotatable bonds is 5. The molecular formula is C26H24N6OS. The average molecular weight is 469 g/mol. The van der Waals surface area contributed by atoms with E-state index in [1.54, 1.807) is 4.68 Å². The second-order valence-corrected chi connectivity index (χ2v) is 9.66. The normalized spacial score (nSPS) is 11.6. The minimum atomic E-state index is -0.327. The van der Waals surface area contributed by atoms with Gasteiger partial charge in [-0.05, 0) is 32.4 Å². The van der Waals surface area contributed by atoms with Crippen LogP contribution in [0.15, 0.2) is 66.7 Å². The van der Waals surface area contributed by atoms with Gasteiger partial charge in [0.05, 0.1) is 22.3 Å². The lowest BCUT2D eigenvalue weighted by atomic mass is 9.85. The molecule has 3 aromatic heterocycles. The maximum Gasteiger partial charge on any atom is 0.258 e. The molecular weight excluding hydrogens is 444 g/mol. The largest absolute Gasteiger partial charge is 0.296 e. The summed E-state index contributed by atoms with van der Waals surface area (Å²) in [4.78, 5) is 18.2. The van der Waals surface area contributed by atoms with Crippen LogP contribution in [0.5, 0.6) is 0 Å². The number of carbonyl (C=O) groups is 1. The monoisotopic (exact) mass is 468 g/mol. The first kappa shape index (κ1) is 21.9. The van der Waals surface area contributed by atoms with Crippen LogP contribution in [-0.2, 0) is 12.5 Å². The molecule has 0 spiro atoms. The number of hydrogen-bond donors (Lipinski definition) is 1. The summed E-state index contributed by atoms with van der Waals surface area (Å²) in [6, 6.07) is 21.8. The number of pyridine rings is 1. The molecule has 0 unspecified atom stereocenters. The van der Waals surface area contributed by atoms with Gasteiger partial charge in [0.25, 0.3) is 5.91 Å². The number of aryl methyl sites for hydroxylation is 2. The SMILES string of the molecule is Cc1nn(C)c2nc(-c3ccccc3)cc(C(=O)Nc3nnc(C(C)(C)c4ccccc4)s3)c12. The molecule has 0 aliphatic carbocycles. The smallest absolute Gasteiger partial charge is 0.258 e. The molecule has 0 atom stereocenters. The summed E-state index contributed by atoms with van der Waals surface area (Å²) in [5.74, 6) is -0.263. The second kappa shape index (κ2) is 8.46. The standard InChI is InChI=1S/C26H24N6OS/c1-16-21-19(15-20(17-11-7-5-8-12-17)27-22(21)32(4)31-16)23(33)28-25-30-29-24(34-25)26(2,3)18-13-9-6-10-14-18/h5-15H,1-4H3,(H,28,30,33). The Morgan fingerprint density at radius 2 is 1.68 bits per heavy atom. The summed E-state index contributed by atoms with van der Waals surface area (Å²) in [6.07, 6.45) is 0. The van der Waals surface area contributed by atoms with Crippen molar-refractivity contribution in [2.45, 2.75) is 26.2 Å². The highest BCUT2D eigenvalue weighted by Crippen LogP contribution is 2.35. The number of nitrogens with zero attached hydrogens (tertiary/aromatic N) is 5. The van der Waals surface area contributed by atoms with Crippen molar-refractivity contribution in [3.8, 4) is 11.3 Å². The first-order valence-electron chi connectivity index (χ1n) is 10.9. The number of nitrogens with one attached hydrogen (secondary N) is 1. The fourth-order valence-electron chi connectivity index (χ4n) is 4.05. The third-order valence-electron chi connectivity index (χ3n) is 5.96. The number of fused-ring (bicyclic) bond motifs is 1. The molecule has 170 valence electrons. The van der Waals surface area contributed by atoms with Gasteiger partial charge in [-0.1, -0.05) is 72.0 Å². The van der Waals surface area contributed by atoms with Crippen LogP contribution in [0.3, 0.4) is 0 Å². The van der Waals surface area contributed by atoms with Crippen LogP contribution in [-0.4, -0.2) is 30.9 Å². The summed E-state index contributed by atoms with van der Waals surface area (Å²) >= 11 is 1.38. The van der Waals surface area contributed by atoms with Crippen molar-refractivity contribution in [1.82, 2.24) is 25.0 Å². The van der Waals surface area contributed by atoms with E-state index in [2.05, 4.69) is 46.6 Å². The van der Waals surface area contributed by atoms with Crippen molar-refractivity contribution in [3.05, 3.63) is 88.6 Å². The molecule has 1 amide bonds. The van der Waals surface area contributed by atoms with Crippen LogP contribution in [0, 0.1) is 6.92 Å². The van der Waals surface area contributed by atoms with Gasteiger partial charge in [-0.15, -0.1) is 10.2 Å². The minimum absolute atomic E-state index is 0.263. The second-order valence-electron chi connectivity index (χ2n) is 8.69. The molecule has 0 aliphatic heterocycles. The molecule has 5 aromatic rings. The number of aromatic nitrogens is 5. The molecule has 1 N–H and O–H groups in total. The van der Waals surface area contributed by atoms with Crippen molar-refractivity contribution < 1.29 is 4.79 Å². The molecule has 7 nitrogen and oxygen atoms in total. The summed E-state index contributed by atoms with van der Waals surface area (Å²) in [5, 5.41) is 18.1. The first-order chi connectivity index (χ1) is 16.3. The molecule has 0 radical (unpaired) electrons. The number of amides is 1. The van der Waals surface area contributed by atoms with Crippen LogP contribution < -0.4 is 5.32 Å². The Bertz CT molecular complexity index is 1490. The Labute approximate surface area is 201 Å². The van der Waals surface area contributed by atoms with Gasteiger partial charge < -0.3 is 0 Å². The highest BCUT2D eigenvalue weighted by Gasteiger charge is 2.28. The van der Waals surface area contributed by atoms with E-state index in [4.69, 9.17) is 4.98 Å². The van der Waals surface area contributed by atoms with E-state index >= 15 is 0 Å². The van der Waals surface area contributed by atoms with E-state index in [1.807, 2.05) is 68.6 Å². The minimum Gasteiger partial charge on any atom is -0.296 e. The molecule has 0 saturated carbocycles. The van der Waals surface area contributed by atoms with Crippen molar-refractivity contribution >= 4 is 33.4 Å². The highest BCUT2D eigenvalue weighted by atomic mass is 32.1. The Balaban J connectivity index is 1.51. The van der Waals surface area contributed by atoms with Crippen LogP contribution >= 0.6 is 11.3 Å². The molecule has 3 heterocycles. The molecule has 34 heavy (non-hydrogen) atoms. The van der Waals surface area contributed by atoms with E-state index in [-0.39, 0.29) is 11.3 Å². The Hall–Kier alpha value is -3.91. The molecule has 0 aliphatic rings. The molecule has 8 heteroatoms. The molecule has 5 rings (SSSR count). The molecule has 0 bridgehead atoms. The topological polar surface area (TPSA) is 85.6 Å². The van der Waals surface area contributed by atoms with E-state index in [9.17, 15) is 4.79 Å². The van der Waals surface area contributed by atoms with Crippen molar-refractivity contribution in [2.24, 2.45) is 7.05 Å². The number of carbonyl (C=O) groups excluding carboxylic acids is 1. The lowest BCUT2D eigenvalue weighted by Crippen LogP contribution is -2.18.